The van der Waals surface area contributed by atoms with Crippen LogP contribution in [0.5, 0.6) is 11.5 Å². The second kappa shape index (κ2) is 7.05. The highest BCUT2D eigenvalue weighted by atomic mass is 35.5. The number of carbonyl (C=O) groups excluding carboxylic acids is 1. The minimum absolute atomic E-state index is 0.0156. The maximum atomic E-state index is 11.3. The first-order valence-corrected chi connectivity index (χ1v) is 8.40. The fourth-order valence-electron chi connectivity index (χ4n) is 2.43. The molecule has 0 unspecified atom stereocenters. The summed E-state index contributed by atoms with van der Waals surface area (Å²) in [6.07, 6.45) is 1.47. The SMILES string of the molecule is CC(=O)c1ccc(Oc2ccc(-c3noc(-c4[nH]ncc4Cl)n3)cc2)cc1. The fourth-order valence-corrected chi connectivity index (χ4v) is 2.60. The molecule has 0 amide bonds. The Kier molecular flexibility index (Phi) is 4.43. The van der Waals surface area contributed by atoms with Gasteiger partial charge in [-0.25, -0.2) is 0 Å². The van der Waals surface area contributed by atoms with Crippen LogP contribution in [0.15, 0.2) is 59.3 Å². The highest BCUT2D eigenvalue weighted by molar-refractivity contribution is 6.32. The number of carbonyl (C=O) groups is 1. The number of hydrogen-bond donors (Lipinski definition) is 1. The molecule has 0 fully saturated rings. The second-order valence-electron chi connectivity index (χ2n) is 5.72. The van der Waals surface area contributed by atoms with E-state index in [-0.39, 0.29) is 11.7 Å². The molecule has 4 aromatic rings. The number of nitrogens with zero attached hydrogens (tertiary/aromatic N) is 3. The first-order valence-electron chi connectivity index (χ1n) is 8.02. The number of aromatic nitrogens is 4. The lowest BCUT2D eigenvalue weighted by atomic mass is 10.1. The van der Waals surface area contributed by atoms with E-state index in [1.807, 2.05) is 12.1 Å². The Morgan fingerprint density at radius 2 is 1.74 bits per heavy atom. The van der Waals surface area contributed by atoms with Crippen molar-refractivity contribution in [1.29, 1.82) is 0 Å². The van der Waals surface area contributed by atoms with E-state index in [4.69, 9.17) is 20.9 Å². The van der Waals surface area contributed by atoms with Crippen LogP contribution in [0.1, 0.15) is 17.3 Å². The van der Waals surface area contributed by atoms with Gasteiger partial charge in [0.1, 0.15) is 17.2 Å². The van der Waals surface area contributed by atoms with Crippen molar-refractivity contribution in [3.63, 3.8) is 0 Å². The molecule has 0 saturated heterocycles. The van der Waals surface area contributed by atoms with Gasteiger partial charge in [-0.15, -0.1) is 0 Å². The molecular weight excluding hydrogens is 368 g/mol. The lowest BCUT2D eigenvalue weighted by Crippen LogP contribution is -1.91. The molecule has 1 N–H and O–H groups in total. The van der Waals surface area contributed by atoms with Gasteiger partial charge in [-0.3, -0.25) is 9.89 Å². The third-order valence-electron chi connectivity index (χ3n) is 3.84. The van der Waals surface area contributed by atoms with E-state index in [9.17, 15) is 4.79 Å². The average molecular weight is 381 g/mol. The van der Waals surface area contributed by atoms with Gasteiger partial charge in [0.15, 0.2) is 5.78 Å². The Bertz CT molecular complexity index is 1080. The van der Waals surface area contributed by atoms with Crippen LogP contribution >= 0.6 is 11.6 Å². The van der Waals surface area contributed by atoms with E-state index in [0.29, 0.717) is 33.6 Å². The summed E-state index contributed by atoms with van der Waals surface area (Å²) in [6.45, 7) is 1.53. The van der Waals surface area contributed by atoms with Crippen LogP contribution in [0, 0.1) is 0 Å². The van der Waals surface area contributed by atoms with Crippen molar-refractivity contribution >= 4 is 17.4 Å². The number of H-pyrrole nitrogens is 1. The van der Waals surface area contributed by atoms with Crippen molar-refractivity contribution in [2.45, 2.75) is 6.92 Å². The highest BCUT2D eigenvalue weighted by Crippen LogP contribution is 2.28. The van der Waals surface area contributed by atoms with Gasteiger partial charge >= 0.3 is 0 Å². The number of rotatable bonds is 5. The summed E-state index contributed by atoms with van der Waals surface area (Å²) in [5, 5.41) is 10.9. The van der Waals surface area contributed by atoms with Crippen molar-refractivity contribution in [3.8, 4) is 34.5 Å². The summed E-state index contributed by atoms with van der Waals surface area (Å²) >= 11 is 6.00. The maximum absolute atomic E-state index is 11.3. The van der Waals surface area contributed by atoms with E-state index in [0.717, 1.165) is 5.56 Å². The van der Waals surface area contributed by atoms with Crippen LogP contribution in [0.25, 0.3) is 23.0 Å². The number of nitrogens with one attached hydrogen (secondary N) is 1. The third kappa shape index (κ3) is 3.58. The second-order valence-corrected chi connectivity index (χ2v) is 6.13. The van der Waals surface area contributed by atoms with Crippen LogP contribution in [0.4, 0.5) is 0 Å². The zero-order chi connectivity index (χ0) is 18.8. The Hall–Kier alpha value is -3.45. The summed E-state index contributed by atoms with van der Waals surface area (Å²) in [4.78, 5) is 15.6. The molecule has 134 valence electrons. The number of halogens is 1. The van der Waals surface area contributed by atoms with Crippen molar-refractivity contribution in [2.75, 3.05) is 0 Å². The van der Waals surface area contributed by atoms with Gasteiger partial charge in [-0.2, -0.15) is 10.1 Å². The first kappa shape index (κ1) is 17.0. The van der Waals surface area contributed by atoms with E-state index < -0.39 is 0 Å². The molecule has 27 heavy (non-hydrogen) atoms. The predicted molar refractivity (Wildman–Crippen MR) is 98.8 cm³/mol. The molecular formula is C19H13ClN4O3. The molecule has 0 radical (unpaired) electrons. The van der Waals surface area contributed by atoms with Gasteiger partial charge < -0.3 is 9.26 Å². The van der Waals surface area contributed by atoms with Crippen molar-refractivity contribution in [3.05, 3.63) is 65.3 Å². The molecule has 2 aromatic heterocycles. The Morgan fingerprint density at radius 3 is 2.33 bits per heavy atom. The molecule has 0 atom stereocenters. The van der Waals surface area contributed by atoms with Crippen LogP contribution in [-0.4, -0.2) is 26.1 Å². The van der Waals surface area contributed by atoms with Crippen LogP contribution in [-0.2, 0) is 0 Å². The number of hydrogen-bond acceptors (Lipinski definition) is 6. The van der Waals surface area contributed by atoms with Crippen molar-refractivity contribution in [1.82, 2.24) is 20.3 Å². The van der Waals surface area contributed by atoms with Gasteiger partial charge in [0.05, 0.1) is 11.2 Å². The summed E-state index contributed by atoms with van der Waals surface area (Å²) in [5.41, 5.74) is 1.88. The van der Waals surface area contributed by atoms with E-state index >= 15 is 0 Å². The summed E-state index contributed by atoms with van der Waals surface area (Å²) in [7, 11) is 0. The largest absolute Gasteiger partial charge is 0.457 e. The van der Waals surface area contributed by atoms with Gasteiger partial charge in [0.2, 0.25) is 5.82 Å². The van der Waals surface area contributed by atoms with E-state index in [2.05, 4.69) is 20.3 Å². The quantitative estimate of drug-likeness (QED) is 0.501. The van der Waals surface area contributed by atoms with Gasteiger partial charge in [-0.05, 0) is 55.5 Å². The normalized spacial score (nSPS) is 10.7. The molecule has 0 aliphatic carbocycles. The number of aromatic amines is 1. The molecule has 2 heterocycles. The molecule has 0 spiro atoms. The smallest absolute Gasteiger partial charge is 0.277 e. The standard InChI is InChI=1S/C19H13ClN4O3/c1-11(25)12-2-6-14(7-3-12)26-15-8-4-13(5-9-15)18-22-19(27-24-18)17-16(20)10-21-23-17/h2-10H,1H3,(H,21,23). The Morgan fingerprint density at radius 1 is 1.07 bits per heavy atom. The van der Waals surface area contributed by atoms with Crippen LogP contribution in [0.3, 0.4) is 0 Å². The topological polar surface area (TPSA) is 93.9 Å². The summed E-state index contributed by atoms with van der Waals surface area (Å²) in [6, 6.07) is 14.2. The Labute approximate surface area is 158 Å². The third-order valence-corrected chi connectivity index (χ3v) is 4.13. The lowest BCUT2D eigenvalue weighted by Gasteiger charge is -2.06. The van der Waals surface area contributed by atoms with Gasteiger partial charge in [0.25, 0.3) is 5.89 Å². The van der Waals surface area contributed by atoms with Gasteiger partial charge in [0, 0.05) is 11.1 Å². The minimum atomic E-state index is 0.0156. The van der Waals surface area contributed by atoms with Crippen LogP contribution < -0.4 is 4.74 Å². The average Bonchev–Trinajstić information content (AvgIpc) is 3.31. The molecule has 2 aromatic carbocycles. The molecule has 0 aliphatic heterocycles. The molecule has 7 nitrogen and oxygen atoms in total. The summed E-state index contributed by atoms with van der Waals surface area (Å²) in [5.74, 6) is 1.99. The Balaban J connectivity index is 1.50. The molecule has 0 saturated carbocycles. The predicted octanol–water partition coefficient (Wildman–Crippen LogP) is 4.78. The van der Waals surface area contributed by atoms with E-state index in [1.165, 1.54) is 13.1 Å². The first-order chi connectivity index (χ1) is 13.1. The van der Waals surface area contributed by atoms with Gasteiger partial charge in [-0.1, -0.05) is 16.8 Å². The maximum Gasteiger partial charge on any atom is 0.277 e. The number of Topliss-reactive ketones (excluding diaryl/α,β-unsaturated/α-hetero) is 1. The summed E-state index contributed by atoms with van der Waals surface area (Å²) < 4.78 is 11.0. The highest BCUT2D eigenvalue weighted by Gasteiger charge is 2.15. The minimum Gasteiger partial charge on any atom is -0.457 e. The van der Waals surface area contributed by atoms with E-state index in [1.54, 1.807) is 36.4 Å². The van der Waals surface area contributed by atoms with Crippen molar-refractivity contribution in [2.24, 2.45) is 0 Å². The zero-order valence-electron chi connectivity index (χ0n) is 14.1. The van der Waals surface area contributed by atoms with Crippen molar-refractivity contribution < 1.29 is 14.1 Å². The zero-order valence-corrected chi connectivity index (χ0v) is 14.9. The monoisotopic (exact) mass is 380 g/mol. The fraction of sp³-hybridized carbons (Fsp3) is 0.0526. The van der Waals surface area contributed by atoms with Crippen LogP contribution in [0.2, 0.25) is 5.02 Å². The number of ether oxygens (including phenoxy) is 1. The molecule has 0 aliphatic rings. The molecule has 0 bridgehead atoms. The number of benzene rings is 2. The lowest BCUT2D eigenvalue weighted by molar-refractivity contribution is 0.101. The number of ketones is 1. The molecule has 4 rings (SSSR count). The molecule has 8 heteroatoms.